The summed E-state index contributed by atoms with van der Waals surface area (Å²) in [5.41, 5.74) is 6.58. The summed E-state index contributed by atoms with van der Waals surface area (Å²) in [4.78, 5) is 29.9. The highest BCUT2D eigenvalue weighted by Gasteiger charge is 2.69. The molecule has 11 nitrogen and oxygen atoms in total. The summed E-state index contributed by atoms with van der Waals surface area (Å²) < 4.78 is 23.8. The van der Waals surface area contributed by atoms with Crippen LogP contribution in [-0.4, -0.2) is 59.1 Å². The molecule has 130 valence electrons. The maximum Gasteiger partial charge on any atom is 0.327 e. The lowest BCUT2D eigenvalue weighted by molar-refractivity contribution is -0.193. The Morgan fingerprint density at radius 3 is 3.00 bits per heavy atom. The standard InChI is InChI=1S/C12H16N5O6P/c13-9-7-10(15-4-14-9)17(5-16-7)11-8(18)6-3-12(6,23-11)22-1-2-24(19,20)21/h4-6,8,11,18H,1-3H2,(H2,13,14,15)(H2,19,20,21)/t6-,8+,11+,12?/m0/s1. The molecule has 5 N–H and O–H groups in total. The summed E-state index contributed by atoms with van der Waals surface area (Å²) in [7, 11) is -4.14. The van der Waals surface area contributed by atoms with Gasteiger partial charge in [-0.05, 0) is 0 Å². The smallest absolute Gasteiger partial charge is 0.327 e. The minimum Gasteiger partial charge on any atom is -0.388 e. The molecule has 2 aromatic rings. The van der Waals surface area contributed by atoms with Crippen molar-refractivity contribution in [3.8, 4) is 0 Å². The third-order valence-electron chi connectivity index (χ3n) is 4.32. The minimum absolute atomic E-state index is 0.153. The van der Waals surface area contributed by atoms with Crippen molar-refractivity contribution in [2.75, 3.05) is 18.5 Å². The fourth-order valence-electron chi connectivity index (χ4n) is 3.05. The zero-order chi connectivity index (χ0) is 17.1. The third-order valence-corrected chi connectivity index (χ3v) is 5.09. The number of fused-ring (bicyclic) bond motifs is 2. The summed E-state index contributed by atoms with van der Waals surface area (Å²) in [5.74, 6) is -1.06. The van der Waals surface area contributed by atoms with Crippen molar-refractivity contribution in [3.05, 3.63) is 12.7 Å². The highest BCUT2D eigenvalue weighted by Crippen LogP contribution is 2.60. The second-order valence-corrected chi connectivity index (χ2v) is 7.72. The van der Waals surface area contributed by atoms with Gasteiger partial charge in [-0.15, -0.1) is 0 Å². The van der Waals surface area contributed by atoms with Crippen LogP contribution in [0.2, 0.25) is 0 Å². The molecule has 2 aliphatic rings. The average molecular weight is 357 g/mol. The second-order valence-electron chi connectivity index (χ2n) is 5.94. The van der Waals surface area contributed by atoms with Crippen LogP contribution in [0, 0.1) is 5.92 Å². The number of hydrogen-bond acceptors (Lipinski definition) is 8. The Labute approximate surface area is 135 Å². The van der Waals surface area contributed by atoms with Crippen LogP contribution in [0.1, 0.15) is 12.6 Å². The van der Waals surface area contributed by atoms with Gasteiger partial charge in [0.25, 0.3) is 0 Å². The van der Waals surface area contributed by atoms with Crippen molar-refractivity contribution in [2.24, 2.45) is 5.92 Å². The van der Waals surface area contributed by atoms with Gasteiger partial charge in [0.1, 0.15) is 17.9 Å². The molecule has 2 aromatic heterocycles. The van der Waals surface area contributed by atoms with Crippen molar-refractivity contribution in [2.45, 2.75) is 24.5 Å². The van der Waals surface area contributed by atoms with Crippen LogP contribution >= 0.6 is 7.60 Å². The van der Waals surface area contributed by atoms with Gasteiger partial charge in [0.2, 0.25) is 0 Å². The van der Waals surface area contributed by atoms with Crippen LogP contribution < -0.4 is 5.73 Å². The number of hydrogen-bond donors (Lipinski definition) is 4. The summed E-state index contributed by atoms with van der Waals surface area (Å²) in [6, 6.07) is 0. The van der Waals surface area contributed by atoms with E-state index in [1.165, 1.54) is 12.7 Å². The molecule has 0 aromatic carbocycles. The first kappa shape index (κ1) is 15.9. The molecule has 0 amide bonds. The molecule has 0 radical (unpaired) electrons. The van der Waals surface area contributed by atoms with E-state index in [1.54, 1.807) is 4.57 Å². The van der Waals surface area contributed by atoms with Crippen molar-refractivity contribution in [3.63, 3.8) is 0 Å². The van der Waals surface area contributed by atoms with E-state index in [0.717, 1.165) is 0 Å². The third kappa shape index (κ3) is 2.50. The zero-order valence-electron chi connectivity index (χ0n) is 12.4. The number of nitrogen functional groups attached to an aromatic ring is 1. The molecule has 1 aliphatic carbocycles. The highest BCUT2D eigenvalue weighted by molar-refractivity contribution is 7.51. The van der Waals surface area contributed by atoms with E-state index in [2.05, 4.69) is 15.0 Å². The number of aliphatic hydroxyl groups excluding tert-OH is 1. The van der Waals surface area contributed by atoms with E-state index in [1.807, 2.05) is 0 Å². The van der Waals surface area contributed by atoms with Crippen molar-refractivity contribution in [1.29, 1.82) is 0 Å². The monoisotopic (exact) mass is 357 g/mol. The van der Waals surface area contributed by atoms with Crippen molar-refractivity contribution in [1.82, 2.24) is 19.5 Å². The first-order valence-electron chi connectivity index (χ1n) is 7.28. The fraction of sp³-hybridized carbons (Fsp3) is 0.583. The van der Waals surface area contributed by atoms with E-state index < -0.39 is 31.9 Å². The summed E-state index contributed by atoms with van der Waals surface area (Å²) in [6.45, 7) is -0.153. The van der Waals surface area contributed by atoms with E-state index in [0.29, 0.717) is 17.6 Å². The predicted molar refractivity (Wildman–Crippen MR) is 79.6 cm³/mol. The van der Waals surface area contributed by atoms with Crippen LogP contribution in [-0.2, 0) is 14.0 Å². The molecule has 1 saturated heterocycles. The summed E-state index contributed by atoms with van der Waals surface area (Å²) in [6.07, 6.45) is 1.20. The molecule has 1 aliphatic heterocycles. The lowest BCUT2D eigenvalue weighted by Crippen LogP contribution is -2.25. The molecule has 12 heteroatoms. The van der Waals surface area contributed by atoms with E-state index >= 15 is 0 Å². The fourth-order valence-corrected chi connectivity index (χ4v) is 3.38. The molecule has 4 atom stereocenters. The van der Waals surface area contributed by atoms with Gasteiger partial charge in [-0.3, -0.25) is 9.13 Å². The second kappa shape index (κ2) is 5.19. The molecule has 1 unspecified atom stereocenters. The van der Waals surface area contributed by atoms with Gasteiger partial charge in [0.15, 0.2) is 23.5 Å². The predicted octanol–water partition coefficient (Wildman–Crippen LogP) is -0.791. The van der Waals surface area contributed by atoms with Crippen LogP contribution in [0.3, 0.4) is 0 Å². The van der Waals surface area contributed by atoms with Gasteiger partial charge in [-0.2, -0.15) is 0 Å². The Morgan fingerprint density at radius 2 is 2.25 bits per heavy atom. The lowest BCUT2D eigenvalue weighted by Gasteiger charge is -2.21. The van der Waals surface area contributed by atoms with E-state index in [-0.39, 0.29) is 18.3 Å². The van der Waals surface area contributed by atoms with Gasteiger partial charge < -0.3 is 30.1 Å². The zero-order valence-corrected chi connectivity index (χ0v) is 13.3. The van der Waals surface area contributed by atoms with E-state index in [9.17, 15) is 9.67 Å². The van der Waals surface area contributed by atoms with Gasteiger partial charge in [0, 0.05) is 12.3 Å². The highest BCUT2D eigenvalue weighted by atomic mass is 31.2. The van der Waals surface area contributed by atoms with Crippen molar-refractivity contribution < 1.29 is 28.9 Å². The number of anilines is 1. The Bertz CT molecular complexity index is 838. The molecule has 3 heterocycles. The van der Waals surface area contributed by atoms with Gasteiger partial charge in [0.05, 0.1) is 19.1 Å². The molecule has 1 saturated carbocycles. The number of ether oxygens (including phenoxy) is 2. The molecule has 24 heavy (non-hydrogen) atoms. The van der Waals surface area contributed by atoms with Gasteiger partial charge >= 0.3 is 7.60 Å². The molecular weight excluding hydrogens is 341 g/mol. The Balaban J connectivity index is 1.54. The normalized spacial score (nSPS) is 32.2. The maximum atomic E-state index is 10.9. The lowest BCUT2D eigenvalue weighted by atomic mass is 10.2. The molecular formula is C12H16N5O6P. The van der Waals surface area contributed by atoms with Gasteiger partial charge in [-0.1, -0.05) is 0 Å². The number of nitrogens with zero attached hydrogens (tertiary/aromatic N) is 4. The van der Waals surface area contributed by atoms with Crippen LogP contribution in [0.15, 0.2) is 12.7 Å². The molecule has 0 spiro atoms. The molecule has 2 fully saturated rings. The topological polar surface area (TPSA) is 166 Å². The summed E-state index contributed by atoms with van der Waals surface area (Å²) >= 11 is 0. The SMILES string of the molecule is Nc1ncnc2c1ncn2[C@@H]1OC2(OCCP(=O)(O)O)C[C@H]2[C@H]1O. The number of aliphatic hydroxyl groups is 1. The van der Waals surface area contributed by atoms with E-state index in [4.69, 9.17) is 25.0 Å². The van der Waals surface area contributed by atoms with Crippen LogP contribution in [0.25, 0.3) is 11.2 Å². The van der Waals surface area contributed by atoms with Crippen LogP contribution in [0.4, 0.5) is 5.82 Å². The number of imidazole rings is 1. The Kier molecular flexibility index (Phi) is 3.43. The quantitative estimate of drug-likeness (QED) is 0.498. The van der Waals surface area contributed by atoms with Crippen molar-refractivity contribution >= 4 is 24.6 Å². The molecule has 4 rings (SSSR count). The average Bonchev–Trinajstić information content (AvgIpc) is 2.90. The first-order valence-corrected chi connectivity index (χ1v) is 9.08. The Morgan fingerprint density at radius 1 is 1.46 bits per heavy atom. The van der Waals surface area contributed by atoms with Gasteiger partial charge in [-0.25, -0.2) is 15.0 Å². The summed E-state index contributed by atoms with van der Waals surface area (Å²) in [5, 5.41) is 10.4. The number of nitrogens with two attached hydrogens (primary N) is 1. The van der Waals surface area contributed by atoms with Crippen LogP contribution in [0.5, 0.6) is 0 Å². The number of rotatable bonds is 5. The first-order chi connectivity index (χ1) is 11.3. The molecule has 0 bridgehead atoms. The minimum atomic E-state index is -4.14. The largest absolute Gasteiger partial charge is 0.388 e. The maximum absolute atomic E-state index is 10.9. The number of aromatic nitrogens is 4. The Hall–Kier alpha value is -1.62.